The van der Waals surface area contributed by atoms with Gasteiger partial charge in [0.2, 0.25) is 5.91 Å². The second-order valence-corrected chi connectivity index (χ2v) is 9.40. The van der Waals surface area contributed by atoms with Crippen LogP contribution < -0.4 is 14.8 Å². The van der Waals surface area contributed by atoms with Gasteiger partial charge in [-0.1, -0.05) is 72.8 Å². The molecule has 1 atom stereocenters. The zero-order chi connectivity index (χ0) is 26.5. The maximum Gasteiger partial charge on any atom is 0.238 e. The van der Waals surface area contributed by atoms with Gasteiger partial charge in [-0.3, -0.25) is 14.7 Å². The largest absolute Gasteiger partial charge is 0.493 e. The Kier molecular flexibility index (Phi) is 7.52. The summed E-state index contributed by atoms with van der Waals surface area (Å²) in [5, 5.41) is 3.00. The van der Waals surface area contributed by atoms with Crippen LogP contribution in [0.1, 0.15) is 28.2 Å². The van der Waals surface area contributed by atoms with E-state index in [4.69, 9.17) is 14.5 Å². The average molecular weight is 506 g/mol. The molecule has 0 fully saturated rings. The zero-order valence-electron chi connectivity index (χ0n) is 21.8. The van der Waals surface area contributed by atoms with Gasteiger partial charge in [0.1, 0.15) is 5.92 Å². The van der Waals surface area contributed by atoms with Gasteiger partial charge >= 0.3 is 0 Å². The van der Waals surface area contributed by atoms with Crippen molar-refractivity contribution in [3.63, 3.8) is 0 Å². The van der Waals surface area contributed by atoms with Crippen LogP contribution in [-0.2, 0) is 17.9 Å². The quantitative estimate of drug-likeness (QED) is 0.276. The van der Waals surface area contributed by atoms with Gasteiger partial charge in [0.05, 0.1) is 25.6 Å². The highest BCUT2D eigenvalue weighted by atomic mass is 16.5. The minimum absolute atomic E-state index is 0.128. The molecule has 0 aliphatic carbocycles. The molecule has 0 aromatic heterocycles. The summed E-state index contributed by atoms with van der Waals surface area (Å²) in [4.78, 5) is 20.6. The van der Waals surface area contributed by atoms with Gasteiger partial charge in [-0.05, 0) is 47.5 Å². The first-order valence-electron chi connectivity index (χ1n) is 12.6. The number of rotatable bonds is 9. The maximum absolute atomic E-state index is 13.3. The van der Waals surface area contributed by atoms with E-state index in [2.05, 4.69) is 53.7 Å². The summed E-state index contributed by atoms with van der Waals surface area (Å²) in [5.74, 6) is 0.434. The van der Waals surface area contributed by atoms with Crippen molar-refractivity contribution in [3.05, 3.63) is 119 Å². The summed E-state index contributed by atoms with van der Waals surface area (Å²) < 4.78 is 11.0. The normalized spacial score (nSPS) is 14.8. The van der Waals surface area contributed by atoms with Crippen LogP contribution in [0, 0.1) is 0 Å². The number of anilines is 1. The van der Waals surface area contributed by atoms with E-state index in [1.165, 1.54) is 11.1 Å². The predicted molar refractivity (Wildman–Crippen MR) is 152 cm³/mol. The number of fused-ring (bicyclic) bond motifs is 1. The van der Waals surface area contributed by atoms with Crippen LogP contribution in [0.25, 0.3) is 0 Å². The number of ether oxygens (including phenoxy) is 2. The van der Waals surface area contributed by atoms with Crippen LogP contribution in [0.2, 0.25) is 0 Å². The minimum atomic E-state index is -0.580. The van der Waals surface area contributed by atoms with E-state index in [0.29, 0.717) is 22.9 Å². The Hall–Kier alpha value is -4.42. The maximum atomic E-state index is 13.3. The summed E-state index contributed by atoms with van der Waals surface area (Å²) in [6.07, 6.45) is 0. The van der Waals surface area contributed by atoms with Crippen molar-refractivity contribution in [2.45, 2.75) is 19.0 Å². The van der Waals surface area contributed by atoms with E-state index >= 15 is 0 Å². The summed E-state index contributed by atoms with van der Waals surface area (Å²) in [6.45, 7) is 1.70. The molecule has 0 spiro atoms. The first kappa shape index (κ1) is 25.2. The minimum Gasteiger partial charge on any atom is -0.493 e. The van der Waals surface area contributed by atoms with Crippen LogP contribution in [0.15, 0.2) is 102 Å². The molecule has 1 heterocycles. The molecule has 5 rings (SSSR count). The molecule has 0 radical (unpaired) electrons. The highest BCUT2D eigenvalue weighted by Gasteiger charge is 2.36. The third-order valence-electron chi connectivity index (χ3n) is 6.66. The summed E-state index contributed by atoms with van der Waals surface area (Å²) in [6, 6.07) is 32.2. The number of aliphatic imine (C=N–C) groups is 1. The number of methoxy groups -OCH3 is 2. The molecule has 38 heavy (non-hydrogen) atoms. The summed E-state index contributed by atoms with van der Waals surface area (Å²) in [5.41, 5.74) is 6.37. The summed E-state index contributed by atoms with van der Waals surface area (Å²) >= 11 is 0. The van der Waals surface area contributed by atoms with E-state index in [-0.39, 0.29) is 5.91 Å². The number of benzene rings is 4. The lowest BCUT2D eigenvalue weighted by Gasteiger charge is -2.17. The van der Waals surface area contributed by atoms with Crippen molar-refractivity contribution >= 4 is 23.0 Å². The first-order valence-corrected chi connectivity index (χ1v) is 12.6. The van der Waals surface area contributed by atoms with Gasteiger partial charge < -0.3 is 14.8 Å². The average Bonchev–Trinajstić information content (AvgIpc) is 3.27. The second kappa shape index (κ2) is 11.3. The van der Waals surface area contributed by atoms with Crippen LogP contribution >= 0.6 is 0 Å². The van der Waals surface area contributed by atoms with Crippen molar-refractivity contribution in [2.24, 2.45) is 4.99 Å². The fraction of sp³-hybridized carbons (Fsp3) is 0.188. The fourth-order valence-corrected chi connectivity index (χ4v) is 4.84. The molecule has 0 saturated carbocycles. The lowest BCUT2D eigenvalue weighted by Crippen LogP contribution is -2.22. The molecular formula is C32H31N3O3. The molecule has 1 amide bonds. The van der Waals surface area contributed by atoms with Crippen LogP contribution in [0.4, 0.5) is 11.4 Å². The predicted octanol–water partition coefficient (Wildman–Crippen LogP) is 6.19. The van der Waals surface area contributed by atoms with Crippen molar-refractivity contribution in [1.29, 1.82) is 0 Å². The Balaban J connectivity index is 1.45. The molecule has 1 aliphatic heterocycles. The monoisotopic (exact) mass is 505 g/mol. The molecule has 0 bridgehead atoms. The van der Waals surface area contributed by atoms with Gasteiger partial charge in [0, 0.05) is 24.8 Å². The van der Waals surface area contributed by atoms with Gasteiger partial charge in [0.15, 0.2) is 11.5 Å². The highest BCUT2D eigenvalue weighted by Crippen LogP contribution is 2.42. The molecule has 1 unspecified atom stereocenters. The van der Waals surface area contributed by atoms with E-state index in [1.54, 1.807) is 20.3 Å². The zero-order valence-corrected chi connectivity index (χ0v) is 21.8. The van der Waals surface area contributed by atoms with Gasteiger partial charge in [0.25, 0.3) is 0 Å². The Bertz CT molecular complexity index is 1430. The second-order valence-electron chi connectivity index (χ2n) is 9.40. The molecule has 0 saturated heterocycles. The molecule has 6 nitrogen and oxygen atoms in total. The Labute approximate surface area is 223 Å². The van der Waals surface area contributed by atoms with E-state index in [1.807, 2.05) is 54.6 Å². The topological polar surface area (TPSA) is 63.2 Å². The van der Waals surface area contributed by atoms with Crippen molar-refractivity contribution in [2.75, 3.05) is 26.6 Å². The van der Waals surface area contributed by atoms with E-state index in [0.717, 1.165) is 29.9 Å². The van der Waals surface area contributed by atoms with Gasteiger partial charge in [-0.15, -0.1) is 0 Å². The van der Waals surface area contributed by atoms with Gasteiger partial charge in [-0.25, -0.2) is 0 Å². The van der Waals surface area contributed by atoms with Crippen LogP contribution in [-0.4, -0.2) is 37.8 Å². The number of nitrogens with zero attached hydrogens (tertiary/aromatic N) is 2. The third kappa shape index (κ3) is 5.45. The molecule has 6 heteroatoms. The Morgan fingerprint density at radius 1 is 0.816 bits per heavy atom. The Morgan fingerprint density at radius 3 is 2.03 bits per heavy atom. The molecule has 1 N–H and O–H groups in total. The summed E-state index contributed by atoms with van der Waals surface area (Å²) in [7, 11) is 5.29. The highest BCUT2D eigenvalue weighted by molar-refractivity contribution is 6.24. The number of carbonyl (C=O) groups is 1. The number of hydrogen-bond donors (Lipinski definition) is 1. The number of nitrogens with one attached hydrogen (secondary N) is 1. The van der Waals surface area contributed by atoms with E-state index < -0.39 is 5.92 Å². The molecular weight excluding hydrogens is 474 g/mol. The lowest BCUT2D eigenvalue weighted by molar-refractivity contribution is -0.115. The molecule has 4 aromatic carbocycles. The molecule has 1 aliphatic rings. The molecule has 192 valence electrons. The number of amides is 1. The van der Waals surface area contributed by atoms with Crippen molar-refractivity contribution in [3.8, 4) is 11.5 Å². The van der Waals surface area contributed by atoms with Crippen molar-refractivity contribution in [1.82, 2.24) is 4.90 Å². The first-order chi connectivity index (χ1) is 18.6. The van der Waals surface area contributed by atoms with Crippen molar-refractivity contribution < 1.29 is 14.3 Å². The lowest BCUT2D eigenvalue weighted by atomic mass is 9.90. The van der Waals surface area contributed by atoms with Gasteiger partial charge in [-0.2, -0.15) is 0 Å². The molecule has 4 aromatic rings. The SMILES string of the molecule is COc1cc2c(cc1OC)C(C(=Nc1ccc(CN(C)Cc3ccccc3)cc1)c1ccccc1)C(=O)N2. The Morgan fingerprint density at radius 2 is 1.39 bits per heavy atom. The number of carbonyl (C=O) groups excluding carboxylic acids is 1. The van der Waals surface area contributed by atoms with Crippen LogP contribution in [0.5, 0.6) is 11.5 Å². The van der Waals surface area contributed by atoms with E-state index in [9.17, 15) is 4.79 Å². The smallest absolute Gasteiger partial charge is 0.238 e. The standard InChI is InChI=1S/C32H31N3O3/c1-35(20-22-10-6-4-7-11-22)21-23-14-16-25(17-15-23)33-31(24-12-8-5-9-13-24)30-26-18-28(37-2)29(38-3)19-27(26)34-32(30)36/h4-19,30H,20-21H2,1-3H3,(H,34,36). The van der Waals surface area contributed by atoms with Crippen LogP contribution in [0.3, 0.4) is 0 Å². The number of hydrogen-bond acceptors (Lipinski definition) is 5. The fourth-order valence-electron chi connectivity index (χ4n) is 4.84. The third-order valence-corrected chi connectivity index (χ3v) is 6.66.